The molecule has 3 aliphatic rings. The van der Waals surface area contributed by atoms with Gasteiger partial charge in [-0.15, -0.1) is 0 Å². The number of aromatic nitrogens is 3. The number of carbonyl (C=O) groups is 1. The van der Waals surface area contributed by atoms with E-state index in [1.165, 1.54) is 6.07 Å². The second-order valence-electron chi connectivity index (χ2n) is 11.1. The molecule has 2 saturated carbocycles. The molecule has 1 aromatic carbocycles. The second kappa shape index (κ2) is 10.3. The fourth-order valence-corrected chi connectivity index (χ4v) is 7.02. The van der Waals surface area contributed by atoms with Gasteiger partial charge in [-0.1, -0.05) is 25.0 Å². The Morgan fingerprint density at radius 3 is 2.45 bits per heavy atom. The number of nitrogens with zero attached hydrogens (tertiary/aromatic N) is 5. The number of nitriles is 1. The first-order valence-electron chi connectivity index (χ1n) is 13.8. The van der Waals surface area contributed by atoms with Gasteiger partial charge in [-0.05, 0) is 55.5 Å². The number of benzene rings is 1. The van der Waals surface area contributed by atoms with Gasteiger partial charge in [-0.2, -0.15) is 10.4 Å². The Labute approximate surface area is 232 Å². The van der Waals surface area contributed by atoms with Crippen LogP contribution in [0.15, 0.2) is 48.8 Å². The maximum atomic E-state index is 13.6. The Balaban J connectivity index is 1.35. The molecule has 9 nitrogen and oxygen atoms in total. The highest BCUT2D eigenvalue weighted by Crippen LogP contribution is 2.43. The Hall–Kier alpha value is -3.78. The minimum absolute atomic E-state index is 0.0976. The molecular weight excluding hydrogens is 531 g/mol. The number of nitrogens with one attached hydrogen (secondary N) is 1. The lowest BCUT2D eigenvalue weighted by Gasteiger charge is -2.31. The van der Waals surface area contributed by atoms with E-state index >= 15 is 0 Å². The van der Waals surface area contributed by atoms with Crippen molar-refractivity contribution in [2.45, 2.75) is 50.0 Å². The minimum Gasteiger partial charge on any atom is -0.369 e. The smallest absolute Gasteiger partial charge is 0.225 e. The van der Waals surface area contributed by atoms with Crippen molar-refractivity contribution in [2.24, 2.45) is 5.92 Å². The van der Waals surface area contributed by atoms with Gasteiger partial charge in [0.05, 0.1) is 29.5 Å². The lowest BCUT2D eigenvalue weighted by molar-refractivity contribution is -0.127. The molecule has 2 aliphatic carbocycles. The molecule has 1 saturated heterocycles. The zero-order valence-electron chi connectivity index (χ0n) is 22.1. The molecule has 3 heterocycles. The summed E-state index contributed by atoms with van der Waals surface area (Å²) in [6.45, 7) is 0.925. The Bertz CT molecular complexity index is 1540. The standard InChI is InChI=1S/C29H31FN6O3S/c30-21-7-10-26(32-17-21)36-18-25(20-5-8-22(9-6-20)35-13-15-40(38,39)16-14-35)27(34-36)23-3-1-2-4-24(23)28(37)33-29(19-31)11-12-29/h5-10,17-18,23-24H,1-4,11-16H2,(H,33,37)/t23-,24-/m1/s1. The van der Waals surface area contributed by atoms with Crippen molar-refractivity contribution in [3.8, 4) is 23.0 Å². The first kappa shape index (κ1) is 26.4. The van der Waals surface area contributed by atoms with Crippen molar-refractivity contribution in [3.05, 3.63) is 60.3 Å². The van der Waals surface area contributed by atoms with Gasteiger partial charge in [0.2, 0.25) is 5.91 Å². The number of hydrogen-bond donors (Lipinski definition) is 1. The van der Waals surface area contributed by atoms with E-state index < -0.39 is 21.2 Å². The highest BCUT2D eigenvalue weighted by Gasteiger charge is 2.47. The van der Waals surface area contributed by atoms with Gasteiger partial charge in [0.1, 0.15) is 11.4 Å². The van der Waals surface area contributed by atoms with Gasteiger partial charge in [-0.25, -0.2) is 22.5 Å². The van der Waals surface area contributed by atoms with Crippen LogP contribution in [-0.4, -0.2) is 59.2 Å². The van der Waals surface area contributed by atoms with E-state index in [-0.39, 0.29) is 29.2 Å². The number of anilines is 1. The summed E-state index contributed by atoms with van der Waals surface area (Å²) in [6, 6.07) is 13.1. The minimum atomic E-state index is -2.97. The van der Waals surface area contributed by atoms with Crippen LogP contribution in [0.4, 0.5) is 10.1 Å². The summed E-state index contributed by atoms with van der Waals surface area (Å²) >= 11 is 0. The maximum absolute atomic E-state index is 13.6. The lowest BCUT2D eigenvalue weighted by Crippen LogP contribution is -2.42. The fraction of sp³-hybridized carbons (Fsp3) is 0.448. The maximum Gasteiger partial charge on any atom is 0.225 e. The first-order chi connectivity index (χ1) is 19.3. The third-order valence-electron chi connectivity index (χ3n) is 8.36. The van der Waals surface area contributed by atoms with E-state index in [4.69, 9.17) is 5.10 Å². The molecule has 208 valence electrons. The average molecular weight is 563 g/mol. The van der Waals surface area contributed by atoms with E-state index in [0.717, 1.165) is 54.4 Å². The van der Waals surface area contributed by atoms with Gasteiger partial charge in [0.25, 0.3) is 0 Å². The number of hydrogen-bond acceptors (Lipinski definition) is 7. The van der Waals surface area contributed by atoms with Crippen LogP contribution >= 0.6 is 0 Å². The molecule has 1 N–H and O–H groups in total. The summed E-state index contributed by atoms with van der Waals surface area (Å²) in [4.78, 5) is 19.7. The summed E-state index contributed by atoms with van der Waals surface area (Å²) in [6.07, 6.45) is 7.79. The SMILES string of the molecule is N#CC1(NC(=O)[C@@H]2CCCC[C@H]2c2nn(-c3ccc(F)cn3)cc2-c2ccc(N3CCS(=O)(=O)CC3)cc2)CC1. The van der Waals surface area contributed by atoms with Crippen LogP contribution in [-0.2, 0) is 14.6 Å². The van der Waals surface area contributed by atoms with E-state index in [9.17, 15) is 22.9 Å². The number of sulfone groups is 1. The molecule has 0 unspecified atom stereocenters. The molecule has 6 rings (SSSR count). The van der Waals surface area contributed by atoms with Crippen LogP contribution in [0.2, 0.25) is 0 Å². The molecule has 2 atom stereocenters. The average Bonchev–Trinajstić information content (AvgIpc) is 3.60. The number of carbonyl (C=O) groups excluding carboxylic acids is 1. The monoisotopic (exact) mass is 562 g/mol. The molecule has 1 aliphatic heterocycles. The molecule has 3 fully saturated rings. The van der Waals surface area contributed by atoms with Gasteiger partial charge >= 0.3 is 0 Å². The predicted molar refractivity (Wildman–Crippen MR) is 148 cm³/mol. The van der Waals surface area contributed by atoms with Crippen molar-refractivity contribution in [2.75, 3.05) is 29.5 Å². The number of pyridine rings is 1. The summed E-state index contributed by atoms with van der Waals surface area (Å²) in [7, 11) is -2.97. The second-order valence-corrected chi connectivity index (χ2v) is 13.4. The molecule has 2 aromatic heterocycles. The molecule has 11 heteroatoms. The largest absolute Gasteiger partial charge is 0.369 e. The number of rotatable bonds is 6. The third-order valence-corrected chi connectivity index (χ3v) is 9.97. The van der Waals surface area contributed by atoms with Crippen LogP contribution in [0.3, 0.4) is 0 Å². The number of amides is 1. The molecular formula is C29H31FN6O3S. The van der Waals surface area contributed by atoms with Gasteiger partial charge in [0, 0.05) is 42.4 Å². The van der Waals surface area contributed by atoms with Crippen molar-refractivity contribution in [1.82, 2.24) is 20.1 Å². The highest BCUT2D eigenvalue weighted by atomic mass is 32.2. The first-order valence-corrected chi connectivity index (χ1v) is 15.6. The Morgan fingerprint density at radius 2 is 1.80 bits per heavy atom. The van der Waals surface area contributed by atoms with Crippen molar-refractivity contribution < 1.29 is 17.6 Å². The van der Waals surface area contributed by atoms with E-state index in [1.807, 2.05) is 30.5 Å². The molecule has 0 radical (unpaired) electrons. The quantitative estimate of drug-likeness (QED) is 0.486. The third kappa shape index (κ3) is 5.32. The topological polar surface area (TPSA) is 121 Å². The summed E-state index contributed by atoms with van der Waals surface area (Å²) in [5.74, 6) is -0.224. The molecule has 40 heavy (non-hydrogen) atoms. The zero-order valence-corrected chi connectivity index (χ0v) is 22.9. The molecule has 1 amide bonds. The van der Waals surface area contributed by atoms with E-state index in [0.29, 0.717) is 31.7 Å². The van der Waals surface area contributed by atoms with E-state index in [2.05, 4.69) is 21.3 Å². The van der Waals surface area contributed by atoms with Crippen molar-refractivity contribution in [3.63, 3.8) is 0 Å². The highest BCUT2D eigenvalue weighted by molar-refractivity contribution is 7.91. The summed E-state index contributed by atoms with van der Waals surface area (Å²) < 4.78 is 38.9. The van der Waals surface area contributed by atoms with Crippen molar-refractivity contribution >= 4 is 21.4 Å². The Kier molecular flexibility index (Phi) is 6.82. The normalized spacial score (nSPS) is 23.2. The van der Waals surface area contributed by atoms with Crippen LogP contribution in [0.25, 0.3) is 16.9 Å². The predicted octanol–water partition coefficient (Wildman–Crippen LogP) is 3.75. The Morgan fingerprint density at radius 1 is 1.07 bits per heavy atom. The van der Waals surface area contributed by atoms with Crippen LogP contribution < -0.4 is 10.2 Å². The molecule has 3 aromatic rings. The fourth-order valence-electron chi connectivity index (χ4n) is 5.82. The van der Waals surface area contributed by atoms with E-state index in [1.54, 1.807) is 10.7 Å². The summed E-state index contributed by atoms with van der Waals surface area (Å²) in [5.41, 5.74) is 2.78. The summed E-state index contributed by atoms with van der Waals surface area (Å²) in [5, 5.41) is 17.4. The van der Waals surface area contributed by atoms with Gasteiger partial charge in [-0.3, -0.25) is 4.79 Å². The van der Waals surface area contributed by atoms with Crippen LogP contribution in [0.1, 0.15) is 50.1 Å². The molecule has 0 spiro atoms. The van der Waals surface area contributed by atoms with Crippen molar-refractivity contribution in [1.29, 1.82) is 5.26 Å². The van der Waals surface area contributed by atoms with Gasteiger partial charge < -0.3 is 10.2 Å². The van der Waals surface area contributed by atoms with Crippen LogP contribution in [0.5, 0.6) is 0 Å². The zero-order chi connectivity index (χ0) is 27.9. The molecule has 0 bridgehead atoms. The van der Waals surface area contributed by atoms with Gasteiger partial charge in [0.15, 0.2) is 15.7 Å². The number of halogens is 1. The lowest BCUT2D eigenvalue weighted by atomic mass is 9.75. The van der Waals surface area contributed by atoms with Crippen LogP contribution in [0, 0.1) is 23.1 Å².